The summed E-state index contributed by atoms with van der Waals surface area (Å²) in [6.07, 6.45) is 4.77. The molecule has 1 atom stereocenters. The Morgan fingerprint density at radius 1 is 1.12 bits per heavy atom. The van der Waals surface area contributed by atoms with Gasteiger partial charge in [0.25, 0.3) is 0 Å². The summed E-state index contributed by atoms with van der Waals surface area (Å²) in [6, 6.07) is 19.1. The zero-order chi connectivity index (χ0) is 22.6. The lowest BCUT2D eigenvalue weighted by Gasteiger charge is -2.31. The molecule has 2 aromatic rings. The SMILES string of the molecule is CC(CCc1ccccc1)CC(=O)NCc1cccc(OCCN(C)C2CCOCC2)c1. The predicted molar refractivity (Wildman–Crippen MR) is 129 cm³/mol. The van der Waals surface area contributed by atoms with E-state index in [9.17, 15) is 4.79 Å². The lowest BCUT2D eigenvalue weighted by molar-refractivity contribution is -0.122. The van der Waals surface area contributed by atoms with Crippen LogP contribution >= 0.6 is 0 Å². The molecule has 3 rings (SSSR count). The van der Waals surface area contributed by atoms with Gasteiger partial charge in [-0.05, 0) is 61.9 Å². The van der Waals surface area contributed by atoms with Crippen LogP contribution < -0.4 is 10.1 Å². The first-order valence-corrected chi connectivity index (χ1v) is 11.9. The summed E-state index contributed by atoms with van der Waals surface area (Å²) in [4.78, 5) is 14.7. The molecule has 0 radical (unpaired) electrons. The molecule has 1 fully saturated rings. The van der Waals surface area contributed by atoms with E-state index >= 15 is 0 Å². The first-order valence-electron chi connectivity index (χ1n) is 11.9. The molecule has 0 aliphatic carbocycles. The third-order valence-corrected chi connectivity index (χ3v) is 6.22. The van der Waals surface area contributed by atoms with Gasteiger partial charge in [0.15, 0.2) is 0 Å². The van der Waals surface area contributed by atoms with Gasteiger partial charge in [-0.2, -0.15) is 0 Å². The van der Waals surface area contributed by atoms with Crippen molar-refractivity contribution in [1.82, 2.24) is 10.2 Å². The van der Waals surface area contributed by atoms with Gasteiger partial charge in [-0.15, -0.1) is 0 Å². The van der Waals surface area contributed by atoms with Crippen molar-refractivity contribution in [2.75, 3.05) is 33.4 Å². The number of carbonyl (C=O) groups excluding carboxylic acids is 1. The summed E-state index contributed by atoms with van der Waals surface area (Å²) in [6.45, 7) is 5.94. The summed E-state index contributed by atoms with van der Waals surface area (Å²) in [5, 5.41) is 3.06. The molecule has 0 bridgehead atoms. The van der Waals surface area contributed by atoms with Gasteiger partial charge in [-0.25, -0.2) is 0 Å². The van der Waals surface area contributed by atoms with E-state index in [-0.39, 0.29) is 5.91 Å². The second kappa shape index (κ2) is 13.2. The maximum Gasteiger partial charge on any atom is 0.220 e. The molecule has 5 heteroatoms. The molecule has 2 aromatic carbocycles. The summed E-state index contributed by atoms with van der Waals surface area (Å²) in [7, 11) is 2.16. The molecule has 32 heavy (non-hydrogen) atoms. The van der Waals surface area contributed by atoms with E-state index in [1.807, 2.05) is 30.3 Å². The fourth-order valence-electron chi connectivity index (χ4n) is 4.11. The zero-order valence-electron chi connectivity index (χ0n) is 19.6. The molecular formula is C27H38N2O3. The number of benzene rings is 2. The van der Waals surface area contributed by atoms with Crippen molar-refractivity contribution >= 4 is 5.91 Å². The van der Waals surface area contributed by atoms with Gasteiger partial charge in [0.05, 0.1) is 0 Å². The average molecular weight is 439 g/mol. The van der Waals surface area contributed by atoms with E-state index in [0.717, 1.165) is 56.8 Å². The molecule has 1 N–H and O–H groups in total. The van der Waals surface area contributed by atoms with Gasteiger partial charge < -0.3 is 14.8 Å². The van der Waals surface area contributed by atoms with Crippen LogP contribution in [0.3, 0.4) is 0 Å². The van der Waals surface area contributed by atoms with Crippen molar-refractivity contribution in [3.63, 3.8) is 0 Å². The number of nitrogens with zero attached hydrogens (tertiary/aromatic N) is 1. The molecule has 0 saturated carbocycles. The molecule has 0 aromatic heterocycles. The van der Waals surface area contributed by atoms with Crippen LogP contribution in [0.2, 0.25) is 0 Å². The Morgan fingerprint density at radius 3 is 2.66 bits per heavy atom. The second-order valence-electron chi connectivity index (χ2n) is 8.93. The van der Waals surface area contributed by atoms with Crippen LogP contribution in [0.1, 0.15) is 43.7 Å². The Bertz CT molecular complexity index is 806. The molecule has 1 heterocycles. The number of aryl methyl sites for hydroxylation is 1. The lowest BCUT2D eigenvalue weighted by Crippen LogP contribution is -2.38. The molecule has 0 spiro atoms. The van der Waals surface area contributed by atoms with Gasteiger partial charge in [-0.1, -0.05) is 49.4 Å². The normalized spacial score (nSPS) is 15.5. The number of hydrogen-bond donors (Lipinski definition) is 1. The third kappa shape index (κ3) is 8.64. The topological polar surface area (TPSA) is 50.8 Å². The first kappa shape index (κ1) is 24.3. The zero-order valence-corrected chi connectivity index (χ0v) is 19.6. The highest BCUT2D eigenvalue weighted by Crippen LogP contribution is 2.16. The fourth-order valence-corrected chi connectivity index (χ4v) is 4.11. The van der Waals surface area contributed by atoms with Crippen LogP contribution in [-0.4, -0.2) is 50.3 Å². The first-order chi connectivity index (χ1) is 15.6. The van der Waals surface area contributed by atoms with Crippen molar-refractivity contribution in [1.29, 1.82) is 0 Å². The molecule has 5 nitrogen and oxygen atoms in total. The molecule has 1 amide bonds. The molecule has 1 saturated heterocycles. The number of amides is 1. The van der Waals surface area contributed by atoms with Crippen LogP contribution in [0.25, 0.3) is 0 Å². The minimum atomic E-state index is 0.106. The van der Waals surface area contributed by atoms with Crippen molar-refractivity contribution in [3.8, 4) is 5.75 Å². The Balaban J connectivity index is 1.34. The van der Waals surface area contributed by atoms with Gasteiger partial charge in [0, 0.05) is 38.8 Å². The van der Waals surface area contributed by atoms with Gasteiger partial charge in [-0.3, -0.25) is 9.69 Å². The second-order valence-corrected chi connectivity index (χ2v) is 8.93. The van der Waals surface area contributed by atoms with E-state index in [4.69, 9.17) is 9.47 Å². The number of ether oxygens (including phenoxy) is 2. The average Bonchev–Trinajstić information content (AvgIpc) is 2.83. The fraction of sp³-hybridized carbons (Fsp3) is 0.519. The summed E-state index contributed by atoms with van der Waals surface area (Å²) < 4.78 is 11.4. The third-order valence-electron chi connectivity index (χ3n) is 6.22. The van der Waals surface area contributed by atoms with E-state index in [1.165, 1.54) is 5.56 Å². The minimum Gasteiger partial charge on any atom is -0.492 e. The van der Waals surface area contributed by atoms with Gasteiger partial charge in [0.2, 0.25) is 5.91 Å². The highest BCUT2D eigenvalue weighted by Gasteiger charge is 2.18. The molecule has 1 aliphatic heterocycles. The number of likely N-dealkylation sites (N-methyl/N-ethyl adjacent to an activating group) is 1. The Kier molecular flexibility index (Phi) is 10.0. The molecular weight excluding hydrogens is 400 g/mol. The Labute approximate surface area is 193 Å². The minimum absolute atomic E-state index is 0.106. The van der Waals surface area contributed by atoms with Crippen molar-refractivity contribution in [2.45, 2.75) is 51.6 Å². The largest absolute Gasteiger partial charge is 0.492 e. The highest BCUT2D eigenvalue weighted by molar-refractivity contribution is 5.76. The van der Waals surface area contributed by atoms with E-state index in [2.05, 4.69) is 48.5 Å². The molecule has 1 aliphatic rings. The van der Waals surface area contributed by atoms with E-state index < -0.39 is 0 Å². The monoisotopic (exact) mass is 438 g/mol. The smallest absolute Gasteiger partial charge is 0.220 e. The van der Waals surface area contributed by atoms with Crippen LogP contribution in [0.5, 0.6) is 5.75 Å². The number of nitrogens with one attached hydrogen (secondary N) is 1. The van der Waals surface area contributed by atoms with Gasteiger partial charge in [0.1, 0.15) is 12.4 Å². The summed E-state index contributed by atoms with van der Waals surface area (Å²) in [5.41, 5.74) is 2.39. The standard InChI is InChI=1S/C27H38N2O3/c1-22(11-12-23-7-4-3-5-8-23)19-27(30)28-21-24-9-6-10-26(20-24)32-18-15-29(2)25-13-16-31-17-14-25/h3-10,20,22,25H,11-19,21H2,1-2H3,(H,28,30). The van der Waals surface area contributed by atoms with Crippen LogP contribution in [0, 0.1) is 5.92 Å². The van der Waals surface area contributed by atoms with Crippen molar-refractivity contribution in [2.24, 2.45) is 5.92 Å². The van der Waals surface area contributed by atoms with Crippen LogP contribution in [-0.2, 0) is 22.5 Å². The number of rotatable bonds is 12. The van der Waals surface area contributed by atoms with Crippen LogP contribution in [0.4, 0.5) is 0 Å². The Morgan fingerprint density at radius 2 is 1.88 bits per heavy atom. The number of hydrogen-bond acceptors (Lipinski definition) is 4. The molecule has 1 unspecified atom stereocenters. The maximum atomic E-state index is 12.4. The van der Waals surface area contributed by atoms with Gasteiger partial charge >= 0.3 is 0 Å². The predicted octanol–water partition coefficient (Wildman–Crippen LogP) is 4.45. The van der Waals surface area contributed by atoms with Crippen molar-refractivity contribution in [3.05, 3.63) is 65.7 Å². The summed E-state index contributed by atoms with van der Waals surface area (Å²) >= 11 is 0. The van der Waals surface area contributed by atoms with E-state index in [0.29, 0.717) is 31.5 Å². The summed E-state index contributed by atoms with van der Waals surface area (Å²) in [5.74, 6) is 1.32. The quantitative estimate of drug-likeness (QED) is 0.532. The van der Waals surface area contributed by atoms with E-state index in [1.54, 1.807) is 0 Å². The molecule has 174 valence electrons. The van der Waals surface area contributed by atoms with Crippen LogP contribution in [0.15, 0.2) is 54.6 Å². The highest BCUT2D eigenvalue weighted by atomic mass is 16.5. The number of carbonyl (C=O) groups is 1. The Hall–Kier alpha value is -2.37. The lowest BCUT2D eigenvalue weighted by atomic mass is 9.98. The maximum absolute atomic E-state index is 12.4. The van der Waals surface area contributed by atoms with Crippen molar-refractivity contribution < 1.29 is 14.3 Å².